The van der Waals surface area contributed by atoms with E-state index in [4.69, 9.17) is 0 Å². The lowest BCUT2D eigenvalue weighted by atomic mass is 9.95. The zero-order chi connectivity index (χ0) is 20.7. The van der Waals surface area contributed by atoms with Gasteiger partial charge in [-0.2, -0.15) is 9.40 Å². The molecule has 0 radical (unpaired) electrons. The van der Waals surface area contributed by atoms with E-state index >= 15 is 0 Å². The molecule has 1 atom stereocenters. The Morgan fingerprint density at radius 3 is 2.40 bits per heavy atom. The van der Waals surface area contributed by atoms with Crippen molar-refractivity contribution in [1.82, 2.24) is 24.4 Å². The van der Waals surface area contributed by atoms with Gasteiger partial charge in [0.15, 0.2) is 5.82 Å². The second-order valence-corrected chi connectivity index (χ2v) is 10.4. The fraction of sp³-hybridized carbons (Fsp3) is 0.571. The molecule has 8 nitrogen and oxygen atoms in total. The highest BCUT2D eigenvalue weighted by Gasteiger charge is 2.42. The lowest BCUT2D eigenvalue weighted by Crippen LogP contribution is -2.49. The van der Waals surface area contributed by atoms with Crippen molar-refractivity contribution in [2.24, 2.45) is 0 Å². The van der Waals surface area contributed by atoms with Gasteiger partial charge in [-0.25, -0.2) is 13.4 Å². The van der Waals surface area contributed by atoms with E-state index in [2.05, 4.69) is 15.2 Å². The smallest absolute Gasteiger partial charge is 0.243 e. The van der Waals surface area contributed by atoms with Gasteiger partial charge < -0.3 is 4.90 Å². The van der Waals surface area contributed by atoms with Crippen LogP contribution < -0.4 is 0 Å². The van der Waals surface area contributed by atoms with Crippen molar-refractivity contribution in [2.75, 3.05) is 19.6 Å². The zero-order valence-corrected chi connectivity index (χ0v) is 17.7. The molecule has 3 aliphatic rings. The molecule has 2 aliphatic heterocycles. The zero-order valence-electron chi connectivity index (χ0n) is 16.9. The lowest BCUT2D eigenvalue weighted by Gasteiger charge is -2.34. The predicted octanol–water partition coefficient (Wildman–Crippen LogP) is 2.24. The number of nitrogens with zero attached hydrogens (tertiary/aromatic N) is 4. The summed E-state index contributed by atoms with van der Waals surface area (Å²) in [7, 11) is -3.66. The highest BCUT2D eigenvalue weighted by molar-refractivity contribution is 7.89. The number of sulfonamides is 1. The summed E-state index contributed by atoms with van der Waals surface area (Å²) in [6, 6.07) is 7.80. The van der Waals surface area contributed by atoms with E-state index in [0.717, 1.165) is 24.5 Å². The fourth-order valence-electron chi connectivity index (χ4n) is 4.58. The van der Waals surface area contributed by atoms with Crippen LogP contribution in [0.3, 0.4) is 0 Å². The number of amides is 1. The summed E-state index contributed by atoms with van der Waals surface area (Å²) < 4.78 is 27.5. The van der Waals surface area contributed by atoms with Gasteiger partial charge in [-0.3, -0.25) is 9.89 Å². The first kappa shape index (κ1) is 19.7. The van der Waals surface area contributed by atoms with Crippen LogP contribution in [0, 0.1) is 0 Å². The maximum Gasteiger partial charge on any atom is 0.243 e. The van der Waals surface area contributed by atoms with Crippen LogP contribution in [0.15, 0.2) is 35.2 Å². The summed E-state index contributed by atoms with van der Waals surface area (Å²) in [5.41, 5.74) is 0. The highest BCUT2D eigenvalue weighted by atomic mass is 32.2. The summed E-state index contributed by atoms with van der Waals surface area (Å²) >= 11 is 0. The molecule has 1 aliphatic carbocycles. The predicted molar refractivity (Wildman–Crippen MR) is 110 cm³/mol. The third-order valence-corrected chi connectivity index (χ3v) is 8.42. The maximum atomic E-state index is 13.2. The summed E-state index contributed by atoms with van der Waals surface area (Å²) in [6.45, 7) is 1.64. The number of H-pyrrole nitrogens is 1. The van der Waals surface area contributed by atoms with E-state index in [0.29, 0.717) is 38.4 Å². The van der Waals surface area contributed by atoms with Gasteiger partial charge >= 0.3 is 0 Å². The Labute approximate surface area is 176 Å². The van der Waals surface area contributed by atoms with E-state index in [1.54, 1.807) is 30.3 Å². The van der Waals surface area contributed by atoms with Crippen molar-refractivity contribution >= 4 is 15.9 Å². The molecule has 5 rings (SSSR count). The fourth-order valence-corrected chi connectivity index (χ4v) is 6.25. The van der Waals surface area contributed by atoms with E-state index in [1.807, 2.05) is 4.90 Å². The Balaban J connectivity index is 1.24. The molecule has 3 heterocycles. The Bertz CT molecular complexity index is 1010. The Morgan fingerprint density at radius 1 is 0.967 bits per heavy atom. The summed E-state index contributed by atoms with van der Waals surface area (Å²) in [6.07, 6.45) is 5.28. The van der Waals surface area contributed by atoms with Crippen LogP contribution in [0.25, 0.3) is 0 Å². The first-order chi connectivity index (χ1) is 14.5. The molecular weight excluding hydrogens is 402 g/mol. The molecule has 3 fully saturated rings. The molecule has 1 saturated carbocycles. The number of nitrogens with one attached hydrogen (secondary N) is 1. The van der Waals surface area contributed by atoms with Crippen LogP contribution in [0.5, 0.6) is 0 Å². The maximum absolute atomic E-state index is 13.2. The summed E-state index contributed by atoms with van der Waals surface area (Å²) in [5.74, 6) is 2.59. The number of piperidine rings is 1. The second kappa shape index (κ2) is 7.77. The van der Waals surface area contributed by atoms with Crippen LogP contribution in [0.2, 0.25) is 0 Å². The van der Waals surface area contributed by atoms with Crippen molar-refractivity contribution in [3.63, 3.8) is 0 Å². The van der Waals surface area contributed by atoms with Gasteiger partial charge in [0.2, 0.25) is 15.9 Å². The molecule has 1 aromatic heterocycles. The van der Waals surface area contributed by atoms with E-state index in [1.165, 1.54) is 17.1 Å². The standard InChI is InChI=1S/C21H27N5O3S/c27-21(18-7-4-12-26(18)30(28,29)17-5-2-1-3-6-17)25-13-10-16(11-14-25)20-22-19(23-24-20)15-8-9-15/h1-3,5-6,15-16,18H,4,7-14H2,(H,22,23,24). The van der Waals surface area contributed by atoms with Crippen LogP contribution in [-0.2, 0) is 14.8 Å². The number of aromatic amines is 1. The van der Waals surface area contributed by atoms with Gasteiger partial charge in [-0.05, 0) is 50.7 Å². The normalized spacial score (nSPS) is 23.7. The Hall–Kier alpha value is -2.26. The number of likely N-dealkylation sites (tertiary alicyclic amines) is 1. The van der Waals surface area contributed by atoms with Crippen LogP contribution >= 0.6 is 0 Å². The van der Waals surface area contributed by atoms with E-state index in [-0.39, 0.29) is 16.7 Å². The molecule has 2 aromatic rings. The highest BCUT2D eigenvalue weighted by Crippen LogP contribution is 2.38. The van der Waals surface area contributed by atoms with E-state index in [9.17, 15) is 13.2 Å². The number of hydrogen-bond donors (Lipinski definition) is 1. The van der Waals surface area contributed by atoms with Crippen molar-refractivity contribution in [3.8, 4) is 0 Å². The first-order valence-electron chi connectivity index (χ1n) is 10.8. The van der Waals surface area contributed by atoms with Gasteiger partial charge in [-0.1, -0.05) is 18.2 Å². The number of hydrogen-bond acceptors (Lipinski definition) is 5. The lowest BCUT2D eigenvalue weighted by molar-refractivity contribution is -0.135. The van der Waals surface area contributed by atoms with Gasteiger partial charge in [-0.15, -0.1) is 0 Å². The monoisotopic (exact) mass is 429 g/mol. The van der Waals surface area contributed by atoms with Crippen LogP contribution in [0.4, 0.5) is 0 Å². The van der Waals surface area contributed by atoms with Crippen molar-refractivity contribution in [2.45, 2.75) is 61.3 Å². The molecule has 9 heteroatoms. The summed E-state index contributed by atoms with van der Waals surface area (Å²) in [4.78, 5) is 20.0. The molecule has 0 spiro atoms. The van der Waals surface area contributed by atoms with Crippen molar-refractivity contribution in [3.05, 3.63) is 42.0 Å². The van der Waals surface area contributed by atoms with Crippen molar-refractivity contribution in [1.29, 1.82) is 0 Å². The van der Waals surface area contributed by atoms with E-state index < -0.39 is 16.1 Å². The average molecular weight is 430 g/mol. The minimum atomic E-state index is -3.66. The molecular formula is C21H27N5O3S. The molecule has 30 heavy (non-hydrogen) atoms. The first-order valence-corrected chi connectivity index (χ1v) is 12.3. The average Bonchev–Trinajstić information content (AvgIpc) is 3.29. The second-order valence-electron chi connectivity index (χ2n) is 8.54. The Morgan fingerprint density at radius 2 is 1.70 bits per heavy atom. The number of benzene rings is 1. The van der Waals surface area contributed by atoms with Gasteiger partial charge in [0, 0.05) is 31.5 Å². The number of carbonyl (C=O) groups excluding carboxylic acids is 1. The number of rotatable bonds is 5. The SMILES string of the molecule is O=C(C1CCCN1S(=O)(=O)c1ccccc1)N1CCC(c2nc(C3CC3)n[nH]2)CC1. The summed E-state index contributed by atoms with van der Waals surface area (Å²) in [5, 5.41) is 7.44. The minimum absolute atomic E-state index is 0.0679. The molecule has 2 saturated heterocycles. The molecule has 160 valence electrons. The Kier molecular flexibility index (Phi) is 5.10. The van der Waals surface area contributed by atoms with Gasteiger partial charge in [0.25, 0.3) is 0 Å². The minimum Gasteiger partial charge on any atom is -0.341 e. The molecule has 1 N–H and O–H groups in total. The quantitative estimate of drug-likeness (QED) is 0.786. The van der Waals surface area contributed by atoms with Crippen LogP contribution in [0.1, 0.15) is 62.0 Å². The molecule has 1 aromatic carbocycles. The third-order valence-electron chi connectivity index (χ3n) is 6.49. The van der Waals surface area contributed by atoms with Crippen molar-refractivity contribution < 1.29 is 13.2 Å². The number of carbonyl (C=O) groups is 1. The topological polar surface area (TPSA) is 99.3 Å². The molecule has 1 unspecified atom stereocenters. The van der Waals surface area contributed by atoms with Gasteiger partial charge in [0.1, 0.15) is 11.9 Å². The van der Waals surface area contributed by atoms with Gasteiger partial charge in [0.05, 0.1) is 4.90 Å². The number of aromatic nitrogens is 3. The molecule has 0 bridgehead atoms. The largest absolute Gasteiger partial charge is 0.341 e. The van der Waals surface area contributed by atoms with Crippen LogP contribution in [-0.4, -0.2) is 64.4 Å². The third kappa shape index (κ3) is 3.65. The molecule has 1 amide bonds.